The summed E-state index contributed by atoms with van der Waals surface area (Å²) in [6, 6.07) is 0.366. The maximum Gasteiger partial charge on any atom is 0.271 e. The largest absolute Gasteiger partial charge is 0.351 e. The average molecular weight is 271 g/mol. The third kappa shape index (κ3) is 2.84. The van der Waals surface area contributed by atoms with E-state index in [2.05, 4.69) is 27.1 Å². The van der Waals surface area contributed by atoms with E-state index in [-0.39, 0.29) is 10.6 Å². The highest BCUT2D eigenvalue weighted by molar-refractivity contribution is 6.32. The molecule has 1 fully saturated rings. The highest BCUT2D eigenvalue weighted by Crippen LogP contribution is 2.26. The first-order valence-corrected chi connectivity index (χ1v) is 6.82. The molecule has 1 atom stereocenters. The molecule has 2 N–H and O–H groups in total. The minimum Gasteiger partial charge on any atom is -0.351 e. The monoisotopic (exact) mass is 270 g/mol. The molecule has 0 spiro atoms. The van der Waals surface area contributed by atoms with Gasteiger partial charge in [0.05, 0.1) is 6.33 Å². The van der Waals surface area contributed by atoms with Crippen LogP contribution in [0.5, 0.6) is 0 Å². The minimum absolute atomic E-state index is 0.195. The number of rotatable bonds is 4. The van der Waals surface area contributed by atoms with Crippen LogP contribution in [0.3, 0.4) is 0 Å². The third-order valence-corrected chi connectivity index (χ3v) is 3.65. The first-order valence-electron chi connectivity index (χ1n) is 6.44. The van der Waals surface area contributed by atoms with E-state index < -0.39 is 0 Å². The summed E-state index contributed by atoms with van der Waals surface area (Å²) in [5.41, 5.74) is -0.269. The Morgan fingerprint density at radius 2 is 2.44 bits per heavy atom. The molecule has 0 amide bonds. The number of likely N-dealkylation sites (N-methyl/N-ethyl adjacent to an activating group) is 1. The highest BCUT2D eigenvalue weighted by Gasteiger charge is 2.25. The second-order valence-electron chi connectivity index (χ2n) is 4.52. The molecule has 1 aromatic rings. The van der Waals surface area contributed by atoms with Gasteiger partial charge in [0.25, 0.3) is 5.56 Å². The van der Waals surface area contributed by atoms with Gasteiger partial charge in [0, 0.05) is 19.1 Å². The van der Waals surface area contributed by atoms with E-state index in [9.17, 15) is 4.79 Å². The van der Waals surface area contributed by atoms with E-state index >= 15 is 0 Å². The number of aromatic nitrogens is 2. The highest BCUT2D eigenvalue weighted by atomic mass is 35.5. The SMILES string of the molecule is CCNCC1CCCCN1c1nc[nH]c(=O)c1Cl. The lowest BCUT2D eigenvalue weighted by Gasteiger charge is -2.37. The Hall–Kier alpha value is -1.07. The van der Waals surface area contributed by atoms with Gasteiger partial charge in [0.1, 0.15) is 5.02 Å². The Kier molecular flexibility index (Phi) is 4.60. The summed E-state index contributed by atoms with van der Waals surface area (Å²) in [7, 11) is 0. The van der Waals surface area contributed by atoms with Crippen LogP contribution in [0, 0.1) is 0 Å². The molecule has 18 heavy (non-hydrogen) atoms. The van der Waals surface area contributed by atoms with E-state index in [0.717, 1.165) is 32.5 Å². The molecule has 1 unspecified atom stereocenters. The molecule has 2 heterocycles. The van der Waals surface area contributed by atoms with Crippen molar-refractivity contribution in [3.63, 3.8) is 0 Å². The van der Waals surface area contributed by atoms with Gasteiger partial charge in [-0.3, -0.25) is 4.79 Å². The van der Waals surface area contributed by atoms with Gasteiger partial charge >= 0.3 is 0 Å². The van der Waals surface area contributed by atoms with Gasteiger partial charge in [-0.2, -0.15) is 0 Å². The predicted octanol–water partition coefficient (Wildman–Crippen LogP) is 1.39. The summed E-state index contributed by atoms with van der Waals surface area (Å²) in [6.45, 7) is 4.85. The Labute approximate surface area is 112 Å². The van der Waals surface area contributed by atoms with Gasteiger partial charge in [-0.05, 0) is 25.8 Å². The van der Waals surface area contributed by atoms with Crippen LogP contribution in [-0.4, -0.2) is 35.6 Å². The zero-order valence-corrected chi connectivity index (χ0v) is 11.3. The van der Waals surface area contributed by atoms with Crippen molar-refractivity contribution in [2.45, 2.75) is 32.2 Å². The van der Waals surface area contributed by atoms with Crippen molar-refractivity contribution in [1.82, 2.24) is 15.3 Å². The summed E-state index contributed by atoms with van der Waals surface area (Å²) < 4.78 is 0. The second kappa shape index (κ2) is 6.20. The summed E-state index contributed by atoms with van der Waals surface area (Å²) >= 11 is 6.06. The van der Waals surface area contributed by atoms with Gasteiger partial charge in [0.15, 0.2) is 5.82 Å². The summed E-state index contributed by atoms with van der Waals surface area (Å²) in [5, 5.41) is 3.55. The standard InChI is InChI=1S/C12H19ClN4O/c1-2-14-7-9-5-3-4-6-17(9)11-10(13)12(18)16-8-15-11/h8-9,14H,2-7H2,1H3,(H,15,16,18). The maximum atomic E-state index is 11.5. The Bertz CT molecular complexity index is 448. The van der Waals surface area contributed by atoms with Crippen molar-refractivity contribution in [3.8, 4) is 0 Å². The van der Waals surface area contributed by atoms with E-state index in [1.54, 1.807) is 0 Å². The molecular weight excluding hydrogens is 252 g/mol. The van der Waals surface area contributed by atoms with Gasteiger partial charge in [-0.25, -0.2) is 4.98 Å². The quantitative estimate of drug-likeness (QED) is 0.868. The van der Waals surface area contributed by atoms with Crippen molar-refractivity contribution in [2.75, 3.05) is 24.5 Å². The zero-order chi connectivity index (χ0) is 13.0. The Balaban J connectivity index is 2.22. The van der Waals surface area contributed by atoms with Gasteiger partial charge in [0.2, 0.25) is 0 Å². The number of aromatic amines is 1. The number of hydrogen-bond acceptors (Lipinski definition) is 4. The van der Waals surface area contributed by atoms with Crippen LogP contribution >= 0.6 is 11.6 Å². The molecular formula is C12H19ClN4O. The summed E-state index contributed by atoms with van der Waals surface area (Å²) in [5.74, 6) is 0.614. The van der Waals surface area contributed by atoms with E-state index in [1.165, 1.54) is 12.7 Å². The molecule has 1 saturated heterocycles. The van der Waals surface area contributed by atoms with Crippen LogP contribution in [0.2, 0.25) is 5.02 Å². The van der Waals surface area contributed by atoms with Gasteiger partial charge in [-0.15, -0.1) is 0 Å². The molecule has 0 bridgehead atoms. The Morgan fingerprint density at radius 1 is 1.61 bits per heavy atom. The summed E-state index contributed by atoms with van der Waals surface area (Å²) in [4.78, 5) is 20.4. The van der Waals surface area contributed by atoms with Crippen LogP contribution < -0.4 is 15.8 Å². The first kappa shape index (κ1) is 13.4. The van der Waals surface area contributed by atoms with Crippen LogP contribution in [0.1, 0.15) is 26.2 Å². The molecule has 1 aliphatic rings. The molecule has 0 saturated carbocycles. The van der Waals surface area contributed by atoms with Crippen LogP contribution in [0.15, 0.2) is 11.1 Å². The van der Waals surface area contributed by atoms with Crippen molar-refractivity contribution < 1.29 is 0 Å². The van der Waals surface area contributed by atoms with Crippen LogP contribution in [-0.2, 0) is 0 Å². The van der Waals surface area contributed by atoms with Crippen LogP contribution in [0.25, 0.3) is 0 Å². The maximum absolute atomic E-state index is 11.5. The van der Waals surface area contributed by atoms with E-state index in [1.807, 2.05) is 0 Å². The molecule has 6 heteroatoms. The fraction of sp³-hybridized carbons (Fsp3) is 0.667. The molecule has 1 aliphatic heterocycles. The fourth-order valence-corrected chi connectivity index (χ4v) is 2.59. The van der Waals surface area contributed by atoms with Crippen molar-refractivity contribution in [2.24, 2.45) is 0 Å². The number of halogens is 1. The van der Waals surface area contributed by atoms with E-state index in [0.29, 0.717) is 11.9 Å². The molecule has 0 aromatic carbocycles. The average Bonchev–Trinajstić information content (AvgIpc) is 2.40. The third-order valence-electron chi connectivity index (χ3n) is 3.31. The molecule has 100 valence electrons. The number of piperidine rings is 1. The number of hydrogen-bond donors (Lipinski definition) is 2. The fourth-order valence-electron chi connectivity index (χ4n) is 2.38. The minimum atomic E-state index is -0.269. The smallest absolute Gasteiger partial charge is 0.271 e. The van der Waals surface area contributed by atoms with Gasteiger partial charge in [-0.1, -0.05) is 18.5 Å². The van der Waals surface area contributed by atoms with Gasteiger partial charge < -0.3 is 15.2 Å². The van der Waals surface area contributed by atoms with Crippen molar-refractivity contribution in [1.29, 1.82) is 0 Å². The lowest BCUT2D eigenvalue weighted by atomic mass is 10.0. The predicted molar refractivity (Wildman–Crippen MR) is 73.4 cm³/mol. The number of nitrogens with zero attached hydrogens (tertiary/aromatic N) is 2. The zero-order valence-electron chi connectivity index (χ0n) is 10.6. The lowest BCUT2D eigenvalue weighted by Crippen LogP contribution is -2.46. The Morgan fingerprint density at radius 3 is 3.22 bits per heavy atom. The van der Waals surface area contributed by atoms with Crippen molar-refractivity contribution in [3.05, 3.63) is 21.7 Å². The van der Waals surface area contributed by atoms with E-state index in [4.69, 9.17) is 11.6 Å². The summed E-state index contributed by atoms with van der Waals surface area (Å²) in [6.07, 6.45) is 4.86. The second-order valence-corrected chi connectivity index (χ2v) is 4.90. The lowest BCUT2D eigenvalue weighted by molar-refractivity contribution is 0.436. The van der Waals surface area contributed by atoms with Crippen LogP contribution in [0.4, 0.5) is 5.82 Å². The molecule has 0 aliphatic carbocycles. The number of nitrogens with one attached hydrogen (secondary N) is 2. The molecule has 2 rings (SSSR count). The van der Waals surface area contributed by atoms with Crippen molar-refractivity contribution >= 4 is 17.4 Å². The first-order chi connectivity index (χ1) is 8.74. The number of H-pyrrole nitrogens is 1. The number of anilines is 1. The molecule has 1 aromatic heterocycles. The topological polar surface area (TPSA) is 61.0 Å². The normalized spacial score (nSPS) is 20.1. The molecule has 0 radical (unpaired) electrons. The molecule has 5 nitrogen and oxygen atoms in total.